The van der Waals surface area contributed by atoms with E-state index < -0.39 is 6.23 Å². The van der Waals surface area contributed by atoms with Crippen LogP contribution in [0.1, 0.15) is 34.7 Å². The maximum atomic E-state index is 10.2. The Morgan fingerprint density at radius 2 is 2.07 bits per heavy atom. The molecular weight excluding hydrogens is 360 g/mol. The highest BCUT2D eigenvalue weighted by atomic mass is 32.1. The van der Waals surface area contributed by atoms with Crippen LogP contribution in [0, 0.1) is 0 Å². The molecule has 0 bridgehead atoms. The molecule has 2 aliphatic rings. The number of rotatable bonds is 3. The van der Waals surface area contributed by atoms with Crippen LogP contribution < -0.4 is 9.47 Å². The summed E-state index contributed by atoms with van der Waals surface area (Å²) in [7, 11) is 1.54. The van der Waals surface area contributed by atoms with Gasteiger partial charge in [0.1, 0.15) is 5.75 Å². The van der Waals surface area contributed by atoms with E-state index in [9.17, 15) is 5.11 Å². The number of para-hydroxylation sites is 1. The third-order valence-electron chi connectivity index (χ3n) is 4.99. The number of nitrogens with zero attached hydrogens (tertiary/aromatic N) is 2. The zero-order valence-electron chi connectivity index (χ0n) is 14.7. The number of benzene rings is 2. The van der Waals surface area contributed by atoms with Crippen LogP contribution in [-0.4, -0.2) is 22.9 Å². The Morgan fingerprint density at radius 3 is 2.85 bits per heavy atom. The molecule has 136 valence electrons. The van der Waals surface area contributed by atoms with Crippen LogP contribution in [0.3, 0.4) is 0 Å². The smallest absolute Gasteiger partial charge is 0.214 e. The van der Waals surface area contributed by atoms with Crippen LogP contribution in [0.2, 0.25) is 0 Å². The molecule has 0 fully saturated rings. The van der Waals surface area contributed by atoms with Gasteiger partial charge in [-0.15, -0.1) is 11.3 Å². The first kappa shape index (κ1) is 16.2. The lowest BCUT2D eigenvalue weighted by Crippen LogP contribution is -2.33. The van der Waals surface area contributed by atoms with Crippen molar-refractivity contribution < 1.29 is 14.6 Å². The number of fused-ring (bicyclic) bond motifs is 3. The van der Waals surface area contributed by atoms with Crippen LogP contribution in [0.4, 0.5) is 0 Å². The van der Waals surface area contributed by atoms with Gasteiger partial charge >= 0.3 is 0 Å². The van der Waals surface area contributed by atoms with E-state index in [1.165, 1.54) is 12.0 Å². The molecule has 1 N–H and O–H groups in total. The molecule has 27 heavy (non-hydrogen) atoms. The lowest BCUT2D eigenvalue weighted by Gasteiger charge is -2.38. The first-order valence-electron chi connectivity index (χ1n) is 8.77. The standard InChI is InChI=1S/C21H18N2O3S/c1-25-19-9-8-13(11-17(19)24)21-23-16(14-5-2-3-6-18(14)26-21)12-15(22-23)20-7-4-10-27-20/h2-11,16,21,24H,12H2,1H3/t16-,21-/m1/s1. The summed E-state index contributed by atoms with van der Waals surface area (Å²) in [5.41, 5.74) is 3.05. The SMILES string of the molecule is COc1ccc([C@H]2Oc3ccccc3[C@H]3CC(c4cccs4)=NN32)cc1O. The summed E-state index contributed by atoms with van der Waals surface area (Å²) < 4.78 is 11.5. The Kier molecular flexibility index (Phi) is 3.79. The molecule has 3 heterocycles. The van der Waals surface area contributed by atoms with Gasteiger partial charge in [-0.3, -0.25) is 0 Å². The van der Waals surface area contributed by atoms with Crippen molar-refractivity contribution in [2.45, 2.75) is 18.7 Å². The number of aromatic hydroxyl groups is 1. The maximum Gasteiger partial charge on any atom is 0.214 e. The highest BCUT2D eigenvalue weighted by Gasteiger charge is 2.41. The molecular formula is C21H18N2O3S. The van der Waals surface area contributed by atoms with Crippen molar-refractivity contribution in [2.24, 2.45) is 5.10 Å². The number of methoxy groups -OCH3 is 1. The van der Waals surface area contributed by atoms with Crippen LogP contribution in [0.25, 0.3) is 0 Å². The van der Waals surface area contributed by atoms with E-state index in [1.807, 2.05) is 35.3 Å². The molecule has 2 aromatic carbocycles. The molecule has 0 amide bonds. The van der Waals surface area contributed by atoms with Gasteiger partial charge in [0, 0.05) is 17.5 Å². The fourth-order valence-electron chi connectivity index (χ4n) is 3.71. The number of phenolic OH excluding ortho intramolecular Hbond substituents is 1. The molecule has 0 saturated carbocycles. The Morgan fingerprint density at radius 1 is 1.19 bits per heavy atom. The third kappa shape index (κ3) is 2.64. The van der Waals surface area contributed by atoms with Gasteiger partial charge in [-0.25, -0.2) is 5.01 Å². The molecule has 0 aliphatic carbocycles. The summed E-state index contributed by atoms with van der Waals surface area (Å²) in [6.45, 7) is 0. The van der Waals surface area contributed by atoms with E-state index in [-0.39, 0.29) is 11.8 Å². The normalized spacial score (nSPS) is 20.5. The van der Waals surface area contributed by atoms with Gasteiger partial charge < -0.3 is 14.6 Å². The van der Waals surface area contributed by atoms with Gasteiger partial charge in [0.05, 0.1) is 23.7 Å². The summed E-state index contributed by atoms with van der Waals surface area (Å²) in [5.74, 6) is 1.40. The second-order valence-corrected chi connectivity index (χ2v) is 7.51. The first-order valence-corrected chi connectivity index (χ1v) is 9.65. The van der Waals surface area contributed by atoms with Gasteiger partial charge in [-0.05, 0) is 35.7 Å². The van der Waals surface area contributed by atoms with Crippen molar-refractivity contribution in [2.75, 3.05) is 7.11 Å². The Balaban J connectivity index is 1.59. The van der Waals surface area contributed by atoms with Crippen LogP contribution >= 0.6 is 11.3 Å². The van der Waals surface area contributed by atoms with Crippen molar-refractivity contribution >= 4 is 17.0 Å². The van der Waals surface area contributed by atoms with E-state index in [1.54, 1.807) is 23.5 Å². The Hall–Kier alpha value is -2.99. The Bertz CT molecular complexity index is 1020. The minimum atomic E-state index is -0.404. The topological polar surface area (TPSA) is 54.3 Å². The maximum absolute atomic E-state index is 10.2. The average molecular weight is 378 g/mol. The van der Waals surface area contributed by atoms with Gasteiger partial charge in [-0.1, -0.05) is 24.3 Å². The zero-order valence-corrected chi connectivity index (χ0v) is 15.5. The molecule has 3 aromatic rings. The van der Waals surface area contributed by atoms with Crippen molar-refractivity contribution in [3.8, 4) is 17.2 Å². The van der Waals surface area contributed by atoms with E-state index in [4.69, 9.17) is 14.6 Å². The molecule has 0 unspecified atom stereocenters. The van der Waals surface area contributed by atoms with Gasteiger partial charge in [0.15, 0.2) is 11.5 Å². The number of phenols is 1. The van der Waals surface area contributed by atoms with Crippen LogP contribution in [0.15, 0.2) is 65.1 Å². The number of hydrogen-bond acceptors (Lipinski definition) is 6. The van der Waals surface area contributed by atoms with Gasteiger partial charge in [0.25, 0.3) is 0 Å². The van der Waals surface area contributed by atoms with Crippen LogP contribution in [0.5, 0.6) is 17.2 Å². The number of hydrazone groups is 1. The lowest BCUT2D eigenvalue weighted by atomic mass is 9.97. The van der Waals surface area contributed by atoms with Crippen molar-refractivity contribution in [3.05, 3.63) is 76.0 Å². The summed E-state index contributed by atoms with van der Waals surface area (Å²) in [4.78, 5) is 1.18. The quantitative estimate of drug-likeness (QED) is 0.717. The Labute approximate surface area is 161 Å². The summed E-state index contributed by atoms with van der Waals surface area (Å²) in [6, 6.07) is 17.7. The lowest BCUT2D eigenvalue weighted by molar-refractivity contribution is -0.0191. The van der Waals surface area contributed by atoms with E-state index in [0.717, 1.165) is 29.0 Å². The predicted molar refractivity (Wildman–Crippen MR) is 105 cm³/mol. The molecule has 5 rings (SSSR count). The molecule has 5 nitrogen and oxygen atoms in total. The molecule has 2 atom stereocenters. The zero-order chi connectivity index (χ0) is 18.4. The summed E-state index contributed by atoms with van der Waals surface area (Å²) in [5, 5.41) is 19.2. The van der Waals surface area contributed by atoms with Crippen molar-refractivity contribution in [1.29, 1.82) is 0 Å². The molecule has 0 radical (unpaired) electrons. The third-order valence-corrected chi connectivity index (χ3v) is 5.91. The van der Waals surface area contributed by atoms with E-state index in [2.05, 4.69) is 17.5 Å². The molecule has 0 saturated heterocycles. The molecule has 6 heteroatoms. The van der Waals surface area contributed by atoms with Crippen molar-refractivity contribution in [1.82, 2.24) is 5.01 Å². The van der Waals surface area contributed by atoms with E-state index in [0.29, 0.717) is 5.75 Å². The summed E-state index contributed by atoms with van der Waals surface area (Å²) in [6.07, 6.45) is 0.429. The largest absolute Gasteiger partial charge is 0.504 e. The van der Waals surface area contributed by atoms with Gasteiger partial charge in [-0.2, -0.15) is 5.10 Å². The number of thiophene rings is 1. The molecule has 0 spiro atoms. The molecule has 2 aliphatic heterocycles. The number of hydrogen-bond donors (Lipinski definition) is 1. The highest BCUT2D eigenvalue weighted by molar-refractivity contribution is 7.12. The molecule has 1 aromatic heterocycles. The van der Waals surface area contributed by atoms with Crippen LogP contribution in [-0.2, 0) is 0 Å². The average Bonchev–Trinajstić information content (AvgIpc) is 3.37. The second kappa shape index (κ2) is 6.32. The highest BCUT2D eigenvalue weighted by Crippen LogP contribution is 2.48. The van der Waals surface area contributed by atoms with E-state index >= 15 is 0 Å². The van der Waals surface area contributed by atoms with Crippen molar-refractivity contribution in [3.63, 3.8) is 0 Å². The predicted octanol–water partition coefficient (Wildman–Crippen LogP) is 4.70. The number of ether oxygens (including phenoxy) is 2. The monoisotopic (exact) mass is 378 g/mol. The first-order chi connectivity index (χ1) is 13.2. The fraction of sp³-hybridized carbons (Fsp3) is 0.190. The van der Waals surface area contributed by atoms with Gasteiger partial charge in [0.2, 0.25) is 6.23 Å². The minimum absolute atomic E-state index is 0.0932. The minimum Gasteiger partial charge on any atom is -0.504 e. The fourth-order valence-corrected chi connectivity index (χ4v) is 4.43. The summed E-state index contributed by atoms with van der Waals surface area (Å²) >= 11 is 1.70. The second-order valence-electron chi connectivity index (χ2n) is 6.56.